The van der Waals surface area contributed by atoms with Crippen molar-refractivity contribution in [2.45, 2.75) is 45.7 Å². The van der Waals surface area contributed by atoms with Gasteiger partial charge in [-0.3, -0.25) is 4.68 Å². The van der Waals surface area contributed by atoms with Crippen LogP contribution in [0.1, 0.15) is 39.0 Å². The summed E-state index contributed by atoms with van der Waals surface area (Å²) in [5.74, 6) is 0. The largest absolute Gasteiger partial charge is 0.307 e. The summed E-state index contributed by atoms with van der Waals surface area (Å²) < 4.78 is 1.89. The minimum absolute atomic E-state index is 0.0929. The zero-order chi connectivity index (χ0) is 12.3. The summed E-state index contributed by atoms with van der Waals surface area (Å²) in [6.07, 6.45) is 4.00. The first-order valence-electron chi connectivity index (χ1n) is 5.73. The Labute approximate surface area is 98.5 Å². The van der Waals surface area contributed by atoms with E-state index >= 15 is 0 Å². The molecule has 1 aromatic rings. The summed E-state index contributed by atoms with van der Waals surface area (Å²) in [6.45, 7) is 13.3. The molecule has 0 saturated carbocycles. The molecule has 1 heterocycles. The number of aromatic nitrogens is 2. The highest BCUT2D eigenvalue weighted by Crippen LogP contribution is 2.23. The van der Waals surface area contributed by atoms with Gasteiger partial charge in [-0.25, -0.2) is 0 Å². The number of nitrogens with zero attached hydrogens (tertiary/aromatic N) is 2. The molecule has 0 spiro atoms. The van der Waals surface area contributed by atoms with Crippen molar-refractivity contribution in [3.05, 3.63) is 30.1 Å². The highest BCUT2D eigenvalue weighted by molar-refractivity contribution is 5.24. The Morgan fingerprint density at radius 2 is 2.19 bits per heavy atom. The monoisotopic (exact) mass is 221 g/mol. The van der Waals surface area contributed by atoms with Gasteiger partial charge >= 0.3 is 0 Å². The van der Waals surface area contributed by atoms with E-state index in [2.05, 4.69) is 50.9 Å². The van der Waals surface area contributed by atoms with Gasteiger partial charge in [-0.15, -0.1) is 6.58 Å². The number of aryl methyl sites for hydroxylation is 1. The molecule has 1 N–H and O–H groups in total. The van der Waals surface area contributed by atoms with Crippen molar-refractivity contribution in [2.24, 2.45) is 7.05 Å². The van der Waals surface area contributed by atoms with Crippen molar-refractivity contribution in [3.63, 3.8) is 0 Å². The van der Waals surface area contributed by atoms with Gasteiger partial charge < -0.3 is 5.32 Å². The standard InChI is InChI=1S/C13H23N3/c1-7-10(2)14-8-11-9-16(6)15-12(11)13(3,4)5/h7,9-10,14H,1,8H2,2-6H3. The second-order valence-electron chi connectivity index (χ2n) is 5.33. The second kappa shape index (κ2) is 4.83. The number of hydrogen-bond donors (Lipinski definition) is 1. The Hall–Kier alpha value is -1.09. The van der Waals surface area contributed by atoms with Gasteiger partial charge in [-0.2, -0.15) is 5.10 Å². The van der Waals surface area contributed by atoms with Crippen LogP contribution >= 0.6 is 0 Å². The molecular formula is C13H23N3. The van der Waals surface area contributed by atoms with Gasteiger partial charge in [-0.1, -0.05) is 26.8 Å². The van der Waals surface area contributed by atoms with Crippen LogP contribution in [0.15, 0.2) is 18.9 Å². The molecule has 1 atom stereocenters. The number of nitrogens with one attached hydrogen (secondary N) is 1. The smallest absolute Gasteiger partial charge is 0.0722 e. The maximum absolute atomic E-state index is 4.54. The van der Waals surface area contributed by atoms with Crippen LogP contribution in [0.3, 0.4) is 0 Å². The van der Waals surface area contributed by atoms with Crippen LogP contribution in [0, 0.1) is 0 Å². The third kappa shape index (κ3) is 3.20. The lowest BCUT2D eigenvalue weighted by Crippen LogP contribution is -2.25. The Kier molecular flexibility index (Phi) is 3.92. The highest BCUT2D eigenvalue weighted by atomic mass is 15.3. The Morgan fingerprint density at radius 1 is 1.56 bits per heavy atom. The maximum Gasteiger partial charge on any atom is 0.0722 e. The summed E-state index contributed by atoms with van der Waals surface area (Å²) in [6, 6.07) is 0.327. The molecule has 3 heteroatoms. The average Bonchev–Trinajstić information content (AvgIpc) is 2.55. The molecule has 0 amide bonds. The molecule has 0 radical (unpaired) electrons. The molecule has 16 heavy (non-hydrogen) atoms. The lowest BCUT2D eigenvalue weighted by Gasteiger charge is -2.18. The van der Waals surface area contributed by atoms with E-state index in [0.717, 1.165) is 6.54 Å². The first-order chi connectivity index (χ1) is 7.34. The van der Waals surface area contributed by atoms with Crippen LogP contribution in [0.5, 0.6) is 0 Å². The van der Waals surface area contributed by atoms with Crippen LogP contribution in [-0.4, -0.2) is 15.8 Å². The lowest BCUT2D eigenvalue weighted by molar-refractivity contribution is 0.540. The van der Waals surface area contributed by atoms with Crippen LogP contribution in [0.25, 0.3) is 0 Å². The molecule has 1 unspecified atom stereocenters. The summed E-state index contributed by atoms with van der Waals surface area (Å²) in [5, 5.41) is 7.94. The second-order valence-corrected chi connectivity index (χ2v) is 5.33. The van der Waals surface area contributed by atoms with Gasteiger partial charge in [0.25, 0.3) is 0 Å². The molecule has 3 nitrogen and oxygen atoms in total. The molecule has 1 rings (SSSR count). The maximum atomic E-state index is 4.54. The number of hydrogen-bond acceptors (Lipinski definition) is 2. The molecule has 0 saturated heterocycles. The van der Waals surface area contributed by atoms with Crippen molar-refractivity contribution in [1.82, 2.24) is 15.1 Å². The zero-order valence-corrected chi connectivity index (χ0v) is 11.0. The van der Waals surface area contributed by atoms with Crippen molar-refractivity contribution < 1.29 is 0 Å². The van der Waals surface area contributed by atoms with Crippen molar-refractivity contribution in [3.8, 4) is 0 Å². The van der Waals surface area contributed by atoms with E-state index in [9.17, 15) is 0 Å². The SMILES string of the molecule is C=CC(C)NCc1cn(C)nc1C(C)(C)C. The molecule has 0 bridgehead atoms. The van der Waals surface area contributed by atoms with Gasteiger partial charge in [0.1, 0.15) is 0 Å². The first kappa shape index (κ1) is 13.0. The van der Waals surface area contributed by atoms with Crippen LogP contribution in [0.2, 0.25) is 0 Å². The molecule has 90 valence electrons. The van der Waals surface area contributed by atoms with E-state index in [1.807, 2.05) is 17.8 Å². The predicted molar refractivity (Wildman–Crippen MR) is 68.4 cm³/mol. The topological polar surface area (TPSA) is 29.9 Å². The van der Waals surface area contributed by atoms with E-state index in [1.54, 1.807) is 0 Å². The van der Waals surface area contributed by atoms with Crippen molar-refractivity contribution >= 4 is 0 Å². The summed E-state index contributed by atoms with van der Waals surface area (Å²) in [5.41, 5.74) is 2.53. The Bertz CT molecular complexity index is 358. The Morgan fingerprint density at radius 3 is 2.69 bits per heavy atom. The molecule has 0 aromatic carbocycles. The fourth-order valence-corrected chi connectivity index (χ4v) is 1.65. The van der Waals surface area contributed by atoms with E-state index < -0.39 is 0 Å². The normalized spacial score (nSPS) is 13.8. The van der Waals surface area contributed by atoms with Crippen LogP contribution in [-0.2, 0) is 19.0 Å². The van der Waals surface area contributed by atoms with Gasteiger partial charge in [0.2, 0.25) is 0 Å². The van der Waals surface area contributed by atoms with Crippen molar-refractivity contribution in [1.29, 1.82) is 0 Å². The van der Waals surface area contributed by atoms with Crippen LogP contribution in [0.4, 0.5) is 0 Å². The Balaban J connectivity index is 2.83. The molecule has 1 aromatic heterocycles. The third-order valence-corrected chi connectivity index (χ3v) is 2.58. The predicted octanol–water partition coefficient (Wildman–Crippen LogP) is 2.38. The van der Waals surface area contributed by atoms with E-state index in [4.69, 9.17) is 0 Å². The summed E-state index contributed by atoms with van der Waals surface area (Å²) >= 11 is 0. The molecule has 0 aliphatic heterocycles. The lowest BCUT2D eigenvalue weighted by atomic mass is 9.89. The van der Waals surface area contributed by atoms with Gasteiger partial charge in [0.15, 0.2) is 0 Å². The molecule has 0 aliphatic rings. The fourth-order valence-electron chi connectivity index (χ4n) is 1.65. The first-order valence-corrected chi connectivity index (χ1v) is 5.73. The minimum atomic E-state index is 0.0929. The van der Waals surface area contributed by atoms with Gasteiger partial charge in [-0.05, 0) is 6.92 Å². The highest BCUT2D eigenvalue weighted by Gasteiger charge is 2.21. The molecule has 0 aliphatic carbocycles. The average molecular weight is 221 g/mol. The van der Waals surface area contributed by atoms with E-state index in [1.165, 1.54) is 11.3 Å². The minimum Gasteiger partial charge on any atom is -0.307 e. The fraction of sp³-hybridized carbons (Fsp3) is 0.615. The van der Waals surface area contributed by atoms with E-state index in [-0.39, 0.29) is 5.41 Å². The quantitative estimate of drug-likeness (QED) is 0.791. The third-order valence-electron chi connectivity index (χ3n) is 2.58. The van der Waals surface area contributed by atoms with Gasteiger partial charge in [0, 0.05) is 36.8 Å². The zero-order valence-electron chi connectivity index (χ0n) is 11.0. The van der Waals surface area contributed by atoms with E-state index in [0.29, 0.717) is 6.04 Å². The number of rotatable bonds is 4. The van der Waals surface area contributed by atoms with Crippen LogP contribution < -0.4 is 5.32 Å². The van der Waals surface area contributed by atoms with Gasteiger partial charge in [0.05, 0.1) is 5.69 Å². The van der Waals surface area contributed by atoms with Crippen molar-refractivity contribution in [2.75, 3.05) is 0 Å². The summed E-state index contributed by atoms with van der Waals surface area (Å²) in [4.78, 5) is 0. The molecular weight excluding hydrogens is 198 g/mol. The summed E-state index contributed by atoms with van der Waals surface area (Å²) in [7, 11) is 1.97. The molecule has 0 fully saturated rings.